The van der Waals surface area contributed by atoms with E-state index >= 15 is 0 Å². The van der Waals surface area contributed by atoms with Crippen molar-refractivity contribution in [1.82, 2.24) is 0 Å². The third-order valence-electron chi connectivity index (χ3n) is 16.7. The number of phosphoric ester groups is 2. The number of esters is 4. The molecule has 0 amide bonds. The fourth-order valence-electron chi connectivity index (χ4n) is 10.4. The van der Waals surface area contributed by atoms with Gasteiger partial charge in [-0.2, -0.15) is 0 Å². The highest BCUT2D eigenvalue weighted by Crippen LogP contribution is 2.45. The minimum Gasteiger partial charge on any atom is -0.462 e. The largest absolute Gasteiger partial charge is 0.472 e. The summed E-state index contributed by atoms with van der Waals surface area (Å²) in [5.74, 6) is -2.38. The molecular formula is C89H146O17P2. The molecule has 0 spiro atoms. The molecule has 17 nitrogen and oxygen atoms in total. The number of carbonyl (C=O) groups excluding carboxylic acids is 4. The van der Waals surface area contributed by atoms with Crippen LogP contribution in [-0.2, 0) is 65.4 Å². The Morgan fingerprint density at radius 1 is 0.278 bits per heavy atom. The van der Waals surface area contributed by atoms with Crippen molar-refractivity contribution in [3.8, 4) is 0 Å². The number of carbonyl (C=O) groups is 4. The summed E-state index contributed by atoms with van der Waals surface area (Å²) in [7, 11) is -10.0. The predicted molar refractivity (Wildman–Crippen MR) is 445 cm³/mol. The zero-order valence-corrected chi connectivity index (χ0v) is 69.0. The summed E-state index contributed by atoms with van der Waals surface area (Å²) in [6.45, 7) is 4.43. The molecule has 0 rings (SSSR count). The quantitative estimate of drug-likeness (QED) is 0.0169. The molecule has 0 bridgehead atoms. The number of aliphatic hydroxyl groups is 1. The van der Waals surface area contributed by atoms with Gasteiger partial charge in [0.15, 0.2) is 12.2 Å². The van der Waals surface area contributed by atoms with Gasteiger partial charge in [0.25, 0.3) is 0 Å². The van der Waals surface area contributed by atoms with E-state index in [1.54, 1.807) is 12.2 Å². The predicted octanol–water partition coefficient (Wildman–Crippen LogP) is 24.6. The van der Waals surface area contributed by atoms with Crippen LogP contribution in [0.4, 0.5) is 0 Å². The van der Waals surface area contributed by atoms with Crippen LogP contribution in [0.2, 0.25) is 0 Å². The number of ether oxygens (including phenoxy) is 4. The molecule has 0 fully saturated rings. The molecule has 0 heterocycles. The first-order valence-electron chi connectivity index (χ1n) is 41.4. The molecule has 5 unspecified atom stereocenters. The lowest BCUT2D eigenvalue weighted by molar-refractivity contribution is -0.161. The molecule has 19 heteroatoms. The summed E-state index contributed by atoms with van der Waals surface area (Å²) in [5, 5.41) is 10.7. The highest BCUT2D eigenvalue weighted by Gasteiger charge is 2.30. The topological polar surface area (TPSA) is 237 Å². The van der Waals surface area contributed by atoms with Crippen LogP contribution in [0.15, 0.2) is 170 Å². The SMILES string of the molecule is CC/C=C\C/C=C\C/C=C\C/C=C\C/C=C\CC(=O)OC(COC(=O)CCCCCCCC/C=C\C/C=C\C/C=C\CCCCC)COP(=O)(O)OCC(O)COP(=O)(O)OCC(COC(=O)CCCCCCCC/C=C\C/C=C\C/C=C\C/C=C\CC)OC(=O)CCCCCCC/C=C\C/C=C\CCCCC. The molecule has 108 heavy (non-hydrogen) atoms. The van der Waals surface area contributed by atoms with E-state index in [0.717, 1.165) is 193 Å². The number of hydrogen-bond donors (Lipinski definition) is 3. The Morgan fingerprint density at radius 3 is 0.824 bits per heavy atom. The summed E-state index contributed by atoms with van der Waals surface area (Å²) in [6, 6.07) is 0. The highest BCUT2D eigenvalue weighted by atomic mass is 31.2. The van der Waals surface area contributed by atoms with Gasteiger partial charge in [-0.25, -0.2) is 9.13 Å². The standard InChI is InChI=1S/C89H146O17P2/c1-5-9-13-17-21-25-29-33-37-39-41-43-47-49-53-57-61-65-69-73-86(91)99-79-84(105-88(93)75-71-67-63-59-55-51-45-35-31-27-23-19-15-11-7-3)81-103-107(95,96)101-77-83(90)78-102-108(97,98)104-82-85(106-89(94)76-72-68-64-60-56-52-46-36-32-28-24-20-16-12-8-4)80-100-87(92)74-70-66-62-58-54-50-48-44-42-40-38-34-30-26-22-18-14-10-6-2/h9,12-13,16,21-28,33-38,41-46,56,60,68,72,83-85,90H,5-8,10-11,14-15,17-20,29-32,39-40,47-55,57-59,61-67,69-71,73-82H2,1-4H3,(H,95,96)(H,97,98)/b13-9-,16-12-,25-21-,26-22-,27-23-,28-24-,37-33-,38-34-,43-41-,44-42-,45-35-,46-36-,60-56-,72-68-. The summed E-state index contributed by atoms with van der Waals surface area (Å²) >= 11 is 0. The molecule has 0 aliphatic rings. The van der Waals surface area contributed by atoms with Gasteiger partial charge in [0.05, 0.1) is 32.8 Å². The van der Waals surface area contributed by atoms with E-state index in [1.807, 2.05) is 12.2 Å². The van der Waals surface area contributed by atoms with Crippen LogP contribution >= 0.6 is 15.6 Å². The van der Waals surface area contributed by atoms with Crippen LogP contribution < -0.4 is 0 Å². The Kier molecular flexibility index (Phi) is 75.4. The first-order valence-corrected chi connectivity index (χ1v) is 44.4. The Hall–Kier alpha value is -5.58. The second-order valence-corrected chi connectivity index (χ2v) is 29.9. The van der Waals surface area contributed by atoms with Gasteiger partial charge in [0.2, 0.25) is 0 Å². The van der Waals surface area contributed by atoms with Gasteiger partial charge < -0.3 is 33.8 Å². The van der Waals surface area contributed by atoms with Crippen LogP contribution in [0.1, 0.15) is 310 Å². The second kappa shape index (κ2) is 79.5. The van der Waals surface area contributed by atoms with Crippen LogP contribution in [0.5, 0.6) is 0 Å². The first kappa shape index (κ1) is 102. The van der Waals surface area contributed by atoms with Gasteiger partial charge in [0.1, 0.15) is 19.3 Å². The maximum absolute atomic E-state index is 13.1. The minimum atomic E-state index is -5.02. The Morgan fingerprint density at radius 2 is 0.519 bits per heavy atom. The van der Waals surface area contributed by atoms with Crippen molar-refractivity contribution in [2.45, 2.75) is 329 Å². The Balaban J connectivity index is 5.46. The van der Waals surface area contributed by atoms with Crippen molar-refractivity contribution in [2.24, 2.45) is 0 Å². The molecule has 614 valence electrons. The maximum atomic E-state index is 13.1. The van der Waals surface area contributed by atoms with Crippen LogP contribution in [-0.4, -0.2) is 96.7 Å². The van der Waals surface area contributed by atoms with Crippen LogP contribution in [0.25, 0.3) is 0 Å². The summed E-state index contributed by atoms with van der Waals surface area (Å²) < 4.78 is 68.6. The Labute approximate surface area is 654 Å². The summed E-state index contributed by atoms with van der Waals surface area (Å²) in [5.41, 5.74) is 0. The Bertz CT molecular complexity index is 2710. The molecule has 3 N–H and O–H groups in total. The second-order valence-electron chi connectivity index (χ2n) is 27.0. The van der Waals surface area contributed by atoms with Gasteiger partial charge in [-0.1, -0.05) is 294 Å². The van der Waals surface area contributed by atoms with Gasteiger partial charge in [-0.05, 0) is 161 Å². The smallest absolute Gasteiger partial charge is 0.462 e. The third-order valence-corrected chi connectivity index (χ3v) is 18.6. The summed E-state index contributed by atoms with van der Waals surface area (Å²) in [4.78, 5) is 73.1. The van der Waals surface area contributed by atoms with Gasteiger partial charge in [0, 0.05) is 19.3 Å². The number of hydrogen-bond acceptors (Lipinski definition) is 15. The number of aliphatic hydroxyl groups excluding tert-OH is 1. The molecule has 0 aliphatic heterocycles. The highest BCUT2D eigenvalue weighted by molar-refractivity contribution is 7.47. The van der Waals surface area contributed by atoms with Crippen molar-refractivity contribution < 1.29 is 80.2 Å². The van der Waals surface area contributed by atoms with Crippen LogP contribution in [0.3, 0.4) is 0 Å². The van der Waals surface area contributed by atoms with Gasteiger partial charge in [-0.3, -0.25) is 37.3 Å². The fourth-order valence-corrected chi connectivity index (χ4v) is 12.0. The number of phosphoric acid groups is 2. The van der Waals surface area contributed by atoms with Gasteiger partial charge >= 0.3 is 39.5 Å². The molecule has 0 saturated heterocycles. The minimum absolute atomic E-state index is 0.0674. The third kappa shape index (κ3) is 78.5. The fraction of sp³-hybridized carbons (Fsp3) is 0.640. The lowest BCUT2D eigenvalue weighted by atomic mass is 10.1. The lowest BCUT2D eigenvalue weighted by Gasteiger charge is -2.21. The number of unbranched alkanes of at least 4 members (excludes halogenated alkanes) is 23. The average Bonchev–Trinajstić information content (AvgIpc) is 0.907. The van der Waals surface area contributed by atoms with Crippen LogP contribution in [0, 0.1) is 0 Å². The van der Waals surface area contributed by atoms with Crippen molar-refractivity contribution in [3.63, 3.8) is 0 Å². The lowest BCUT2D eigenvalue weighted by Crippen LogP contribution is -2.30. The van der Waals surface area contributed by atoms with Crippen molar-refractivity contribution in [2.75, 3.05) is 39.6 Å². The first-order chi connectivity index (χ1) is 52.7. The van der Waals surface area contributed by atoms with E-state index in [9.17, 15) is 43.2 Å². The summed E-state index contributed by atoms with van der Waals surface area (Å²) in [6.07, 6.45) is 94.9. The van der Waals surface area contributed by atoms with E-state index in [-0.39, 0.29) is 25.7 Å². The van der Waals surface area contributed by atoms with Crippen molar-refractivity contribution in [3.05, 3.63) is 170 Å². The van der Waals surface area contributed by atoms with Crippen molar-refractivity contribution >= 4 is 39.5 Å². The van der Waals surface area contributed by atoms with E-state index in [4.69, 9.17) is 37.0 Å². The molecule has 0 aromatic rings. The molecular weight excluding hydrogens is 1400 g/mol. The molecule has 0 aliphatic carbocycles. The zero-order chi connectivity index (χ0) is 78.9. The molecule has 0 aromatic carbocycles. The molecule has 0 aromatic heterocycles. The monoisotopic (exact) mass is 1550 g/mol. The molecule has 0 radical (unpaired) electrons. The van der Waals surface area contributed by atoms with Gasteiger partial charge in [-0.15, -0.1) is 0 Å². The van der Waals surface area contributed by atoms with E-state index in [2.05, 4.69) is 174 Å². The molecule has 5 atom stereocenters. The number of allylic oxidation sites excluding steroid dienone is 27. The van der Waals surface area contributed by atoms with E-state index in [1.165, 1.54) is 38.5 Å². The molecule has 0 saturated carbocycles. The number of rotatable bonds is 76. The normalized spacial score (nSPS) is 14.7. The van der Waals surface area contributed by atoms with E-state index < -0.39 is 97.5 Å². The zero-order valence-electron chi connectivity index (χ0n) is 67.2. The maximum Gasteiger partial charge on any atom is 0.472 e. The van der Waals surface area contributed by atoms with Crippen molar-refractivity contribution in [1.29, 1.82) is 0 Å². The van der Waals surface area contributed by atoms with E-state index in [0.29, 0.717) is 25.7 Å². The average molecular weight is 1550 g/mol.